The summed E-state index contributed by atoms with van der Waals surface area (Å²) >= 11 is 6.07. The first-order valence-electron chi connectivity index (χ1n) is 7.88. The molecule has 1 aromatic carbocycles. The molecule has 0 bridgehead atoms. The van der Waals surface area contributed by atoms with E-state index in [2.05, 4.69) is 10.1 Å². The predicted molar refractivity (Wildman–Crippen MR) is 89.3 cm³/mol. The molecular formula is C17H22ClN3O2. The fraction of sp³-hybridized carbons (Fsp3) is 0.471. The van der Waals surface area contributed by atoms with Crippen molar-refractivity contribution in [2.45, 2.75) is 45.6 Å². The average Bonchev–Trinajstić information content (AvgIpc) is 3.05. The molecule has 124 valence electrons. The van der Waals surface area contributed by atoms with E-state index in [1.165, 1.54) is 6.33 Å². The summed E-state index contributed by atoms with van der Waals surface area (Å²) in [6, 6.07) is 5.88. The molecule has 0 radical (unpaired) electrons. The molecule has 6 heteroatoms. The number of aryl methyl sites for hydroxylation is 3. The molecule has 0 aliphatic rings. The van der Waals surface area contributed by atoms with Gasteiger partial charge < -0.3 is 4.74 Å². The van der Waals surface area contributed by atoms with Crippen molar-refractivity contribution in [1.29, 1.82) is 0 Å². The zero-order valence-electron chi connectivity index (χ0n) is 13.4. The summed E-state index contributed by atoms with van der Waals surface area (Å²) in [5, 5.41) is 4.78. The quantitative estimate of drug-likeness (QED) is 0.519. The van der Waals surface area contributed by atoms with Gasteiger partial charge in [0.05, 0.1) is 6.61 Å². The van der Waals surface area contributed by atoms with E-state index >= 15 is 0 Å². The number of carbonyl (C=O) groups is 1. The molecule has 0 aliphatic carbocycles. The number of benzene rings is 1. The van der Waals surface area contributed by atoms with Gasteiger partial charge in [-0.15, -0.1) is 0 Å². The van der Waals surface area contributed by atoms with E-state index < -0.39 is 0 Å². The minimum Gasteiger partial charge on any atom is -0.466 e. The van der Waals surface area contributed by atoms with E-state index in [4.69, 9.17) is 16.3 Å². The Morgan fingerprint density at radius 1 is 1.30 bits per heavy atom. The lowest BCUT2D eigenvalue weighted by atomic mass is 10.1. The molecule has 0 N–H and O–H groups in total. The average molecular weight is 336 g/mol. The number of carbonyl (C=O) groups excluding carboxylic acids is 1. The lowest BCUT2D eigenvalue weighted by Crippen LogP contribution is -2.07. The van der Waals surface area contributed by atoms with Crippen LogP contribution in [0.25, 0.3) is 0 Å². The van der Waals surface area contributed by atoms with Crippen molar-refractivity contribution in [2.75, 3.05) is 6.61 Å². The molecule has 2 aromatic rings. The van der Waals surface area contributed by atoms with Crippen LogP contribution in [0.3, 0.4) is 0 Å². The number of hydrogen-bond donors (Lipinski definition) is 0. The van der Waals surface area contributed by atoms with Crippen molar-refractivity contribution in [1.82, 2.24) is 14.8 Å². The van der Waals surface area contributed by atoms with E-state index in [1.807, 2.05) is 25.1 Å². The standard InChI is InChI=1S/C17H22ClN3O2/c1-14-5-6-15(11-16(14)18)7-8-17(22)23-10-4-2-3-9-21-13-19-12-20-21/h5-6,11-13H,2-4,7-10H2,1H3. The van der Waals surface area contributed by atoms with Crippen LogP contribution in [0, 0.1) is 6.92 Å². The Bertz CT molecular complexity index is 614. The van der Waals surface area contributed by atoms with E-state index in [9.17, 15) is 4.79 Å². The molecular weight excluding hydrogens is 314 g/mol. The molecule has 0 saturated heterocycles. The SMILES string of the molecule is Cc1ccc(CCC(=O)OCCCCCn2cncn2)cc1Cl. The summed E-state index contributed by atoms with van der Waals surface area (Å²) in [6.07, 6.45) is 7.16. The van der Waals surface area contributed by atoms with Gasteiger partial charge in [-0.1, -0.05) is 23.7 Å². The molecule has 23 heavy (non-hydrogen) atoms. The second-order valence-corrected chi connectivity index (χ2v) is 5.93. The normalized spacial score (nSPS) is 10.7. The maximum Gasteiger partial charge on any atom is 0.306 e. The first-order valence-corrected chi connectivity index (χ1v) is 8.26. The highest BCUT2D eigenvalue weighted by Gasteiger charge is 2.05. The van der Waals surface area contributed by atoms with Crippen molar-refractivity contribution < 1.29 is 9.53 Å². The van der Waals surface area contributed by atoms with E-state index in [-0.39, 0.29) is 5.97 Å². The van der Waals surface area contributed by atoms with Gasteiger partial charge in [0.1, 0.15) is 12.7 Å². The first kappa shape index (κ1) is 17.5. The number of ether oxygens (including phenoxy) is 1. The maximum absolute atomic E-state index is 11.7. The number of nitrogens with zero attached hydrogens (tertiary/aromatic N) is 3. The van der Waals surface area contributed by atoms with Crippen LogP contribution in [0.4, 0.5) is 0 Å². The summed E-state index contributed by atoms with van der Waals surface area (Å²) in [7, 11) is 0. The van der Waals surface area contributed by atoms with Crippen molar-refractivity contribution in [2.24, 2.45) is 0 Å². The Kier molecular flexibility index (Phi) is 7.07. The van der Waals surface area contributed by atoms with E-state index in [0.29, 0.717) is 19.4 Å². The van der Waals surface area contributed by atoms with Crippen LogP contribution in [-0.4, -0.2) is 27.3 Å². The Morgan fingerprint density at radius 2 is 2.17 bits per heavy atom. The van der Waals surface area contributed by atoms with Crippen LogP contribution < -0.4 is 0 Å². The second-order valence-electron chi connectivity index (χ2n) is 5.52. The first-order chi connectivity index (χ1) is 11.1. The van der Waals surface area contributed by atoms with Crippen LogP contribution in [-0.2, 0) is 22.5 Å². The Hall–Kier alpha value is -1.88. The van der Waals surface area contributed by atoms with Gasteiger partial charge in [0, 0.05) is 18.0 Å². The topological polar surface area (TPSA) is 57.0 Å². The number of esters is 1. The van der Waals surface area contributed by atoms with Gasteiger partial charge in [0.15, 0.2) is 0 Å². The monoisotopic (exact) mass is 335 g/mol. The van der Waals surface area contributed by atoms with E-state index in [0.717, 1.165) is 42.0 Å². The third-order valence-corrected chi connectivity index (χ3v) is 4.02. The molecule has 0 fully saturated rings. The highest BCUT2D eigenvalue weighted by Crippen LogP contribution is 2.17. The number of unbranched alkanes of at least 4 members (excludes halogenated alkanes) is 2. The largest absolute Gasteiger partial charge is 0.466 e. The Balaban J connectivity index is 1.53. The van der Waals surface area contributed by atoms with Gasteiger partial charge in [0.2, 0.25) is 0 Å². The molecule has 2 rings (SSSR count). The molecule has 0 spiro atoms. The third-order valence-electron chi connectivity index (χ3n) is 3.62. The predicted octanol–water partition coefficient (Wildman–Crippen LogP) is 3.59. The molecule has 0 unspecified atom stereocenters. The molecule has 0 amide bonds. The van der Waals surface area contributed by atoms with Gasteiger partial charge in [-0.2, -0.15) is 5.10 Å². The van der Waals surface area contributed by atoms with Gasteiger partial charge in [-0.3, -0.25) is 9.48 Å². The fourth-order valence-corrected chi connectivity index (χ4v) is 2.40. The Morgan fingerprint density at radius 3 is 2.91 bits per heavy atom. The van der Waals surface area contributed by atoms with Crippen LogP contribution in [0.15, 0.2) is 30.9 Å². The van der Waals surface area contributed by atoms with Gasteiger partial charge >= 0.3 is 5.97 Å². The summed E-state index contributed by atoms with van der Waals surface area (Å²) in [4.78, 5) is 15.6. The summed E-state index contributed by atoms with van der Waals surface area (Å²) in [5.41, 5.74) is 2.11. The summed E-state index contributed by atoms with van der Waals surface area (Å²) < 4.78 is 7.05. The van der Waals surface area contributed by atoms with Crippen molar-refractivity contribution in [3.8, 4) is 0 Å². The highest BCUT2D eigenvalue weighted by atomic mass is 35.5. The van der Waals surface area contributed by atoms with E-state index in [1.54, 1.807) is 11.0 Å². The summed E-state index contributed by atoms with van der Waals surface area (Å²) in [6.45, 7) is 3.29. The summed E-state index contributed by atoms with van der Waals surface area (Å²) in [5.74, 6) is -0.155. The van der Waals surface area contributed by atoms with Crippen LogP contribution in [0.1, 0.15) is 36.8 Å². The highest BCUT2D eigenvalue weighted by molar-refractivity contribution is 6.31. The Labute approximate surface area is 141 Å². The fourth-order valence-electron chi connectivity index (χ4n) is 2.20. The van der Waals surface area contributed by atoms with Crippen molar-refractivity contribution in [3.05, 3.63) is 47.0 Å². The van der Waals surface area contributed by atoms with Gasteiger partial charge in [-0.25, -0.2) is 4.98 Å². The number of rotatable bonds is 9. The molecule has 0 aliphatic heterocycles. The molecule has 0 atom stereocenters. The molecule has 0 saturated carbocycles. The lowest BCUT2D eigenvalue weighted by molar-refractivity contribution is -0.143. The molecule has 1 heterocycles. The molecule has 5 nitrogen and oxygen atoms in total. The minimum absolute atomic E-state index is 0.155. The smallest absolute Gasteiger partial charge is 0.306 e. The number of halogens is 1. The number of aromatic nitrogens is 3. The molecule has 1 aromatic heterocycles. The van der Waals surface area contributed by atoms with Gasteiger partial charge in [-0.05, 0) is 49.8 Å². The van der Waals surface area contributed by atoms with Gasteiger partial charge in [0.25, 0.3) is 0 Å². The van der Waals surface area contributed by atoms with Crippen molar-refractivity contribution in [3.63, 3.8) is 0 Å². The number of hydrogen-bond acceptors (Lipinski definition) is 4. The second kappa shape index (κ2) is 9.30. The van der Waals surface area contributed by atoms with Crippen LogP contribution in [0.2, 0.25) is 5.02 Å². The minimum atomic E-state index is -0.155. The maximum atomic E-state index is 11.7. The zero-order valence-corrected chi connectivity index (χ0v) is 14.1. The van der Waals surface area contributed by atoms with Crippen LogP contribution in [0.5, 0.6) is 0 Å². The zero-order chi connectivity index (χ0) is 16.5. The van der Waals surface area contributed by atoms with Crippen LogP contribution >= 0.6 is 11.6 Å². The van der Waals surface area contributed by atoms with Crippen molar-refractivity contribution >= 4 is 17.6 Å². The third kappa shape index (κ3) is 6.40. The lowest BCUT2D eigenvalue weighted by Gasteiger charge is -2.06.